The maximum atomic E-state index is 10.6. The highest BCUT2D eigenvalue weighted by molar-refractivity contribution is 5.42. The van der Waals surface area contributed by atoms with Crippen LogP contribution in [0.5, 0.6) is 0 Å². The van der Waals surface area contributed by atoms with E-state index in [0.717, 1.165) is 24.4 Å². The molecule has 2 aromatic rings. The van der Waals surface area contributed by atoms with E-state index in [1.807, 2.05) is 13.0 Å². The molecule has 1 saturated carbocycles. The van der Waals surface area contributed by atoms with Gasteiger partial charge < -0.3 is 5.32 Å². The van der Waals surface area contributed by atoms with Gasteiger partial charge in [0.1, 0.15) is 12.0 Å². The standard InChI is InChI=1S/C14H15N5O2/c1-9-6-7-15-14(17-9)13(10-2-3-10)18-12-5-4-11(8-16-12)19(20)21/h4-8,10,13H,2-3H2,1H3,(H,16,18)/t13-/m0/s1. The van der Waals surface area contributed by atoms with E-state index in [0.29, 0.717) is 11.7 Å². The highest BCUT2D eigenvalue weighted by Crippen LogP contribution is 2.41. The summed E-state index contributed by atoms with van der Waals surface area (Å²) in [4.78, 5) is 23.1. The Morgan fingerprint density at radius 2 is 2.14 bits per heavy atom. The number of hydrogen-bond donors (Lipinski definition) is 1. The average molecular weight is 285 g/mol. The zero-order valence-corrected chi connectivity index (χ0v) is 11.6. The van der Waals surface area contributed by atoms with Crippen molar-refractivity contribution < 1.29 is 4.92 Å². The van der Waals surface area contributed by atoms with E-state index >= 15 is 0 Å². The van der Waals surface area contributed by atoms with Crippen LogP contribution in [-0.4, -0.2) is 19.9 Å². The second-order valence-electron chi connectivity index (χ2n) is 5.17. The van der Waals surface area contributed by atoms with E-state index in [1.165, 1.54) is 12.3 Å². The molecule has 2 aromatic heterocycles. The van der Waals surface area contributed by atoms with Crippen molar-refractivity contribution in [2.45, 2.75) is 25.8 Å². The molecule has 7 nitrogen and oxygen atoms in total. The van der Waals surface area contributed by atoms with E-state index in [9.17, 15) is 10.1 Å². The summed E-state index contributed by atoms with van der Waals surface area (Å²) in [5.74, 6) is 1.84. The molecule has 0 saturated heterocycles. The summed E-state index contributed by atoms with van der Waals surface area (Å²) in [5.41, 5.74) is 0.902. The number of nitro groups is 1. The Kier molecular flexibility index (Phi) is 3.47. The molecule has 1 fully saturated rings. The van der Waals surface area contributed by atoms with Crippen LogP contribution in [0.1, 0.15) is 30.4 Å². The number of nitrogens with one attached hydrogen (secondary N) is 1. The molecule has 0 aromatic carbocycles. The number of hydrogen-bond acceptors (Lipinski definition) is 6. The lowest BCUT2D eigenvalue weighted by Crippen LogP contribution is -2.17. The van der Waals surface area contributed by atoms with Crippen molar-refractivity contribution in [1.29, 1.82) is 0 Å². The average Bonchev–Trinajstić information content (AvgIpc) is 3.30. The largest absolute Gasteiger partial charge is 0.360 e. The van der Waals surface area contributed by atoms with Gasteiger partial charge >= 0.3 is 0 Å². The fourth-order valence-electron chi connectivity index (χ4n) is 2.18. The Balaban J connectivity index is 1.81. The van der Waals surface area contributed by atoms with Crippen molar-refractivity contribution in [3.05, 3.63) is 52.2 Å². The molecule has 0 bridgehead atoms. The van der Waals surface area contributed by atoms with Gasteiger partial charge in [-0.1, -0.05) is 0 Å². The van der Waals surface area contributed by atoms with Crippen LogP contribution in [-0.2, 0) is 0 Å². The van der Waals surface area contributed by atoms with Crippen molar-refractivity contribution >= 4 is 11.5 Å². The van der Waals surface area contributed by atoms with Crippen molar-refractivity contribution in [3.63, 3.8) is 0 Å². The van der Waals surface area contributed by atoms with E-state index in [2.05, 4.69) is 20.3 Å². The molecule has 1 aliphatic rings. The van der Waals surface area contributed by atoms with E-state index in [1.54, 1.807) is 12.3 Å². The molecule has 1 aliphatic carbocycles. The van der Waals surface area contributed by atoms with E-state index in [-0.39, 0.29) is 11.7 Å². The predicted octanol–water partition coefficient (Wildman–Crippen LogP) is 2.65. The van der Waals surface area contributed by atoms with Crippen molar-refractivity contribution in [2.24, 2.45) is 5.92 Å². The molecule has 3 rings (SSSR count). The molecule has 1 atom stereocenters. The van der Waals surface area contributed by atoms with Gasteiger partial charge in [0, 0.05) is 18.0 Å². The lowest BCUT2D eigenvalue weighted by molar-refractivity contribution is -0.385. The first kappa shape index (κ1) is 13.4. The van der Waals surface area contributed by atoms with Crippen LogP contribution >= 0.6 is 0 Å². The minimum absolute atomic E-state index is 0.00106. The van der Waals surface area contributed by atoms with Gasteiger partial charge in [-0.25, -0.2) is 15.0 Å². The number of rotatable bonds is 5. The van der Waals surface area contributed by atoms with Crippen molar-refractivity contribution in [1.82, 2.24) is 15.0 Å². The molecule has 108 valence electrons. The molecule has 7 heteroatoms. The molecule has 0 aliphatic heterocycles. The Labute approximate surface area is 121 Å². The fourth-order valence-corrected chi connectivity index (χ4v) is 2.18. The monoisotopic (exact) mass is 285 g/mol. The highest BCUT2D eigenvalue weighted by atomic mass is 16.6. The van der Waals surface area contributed by atoms with Crippen LogP contribution in [0.25, 0.3) is 0 Å². The summed E-state index contributed by atoms with van der Waals surface area (Å²) in [5, 5.41) is 13.9. The zero-order valence-electron chi connectivity index (χ0n) is 11.6. The third kappa shape index (κ3) is 3.13. The van der Waals surface area contributed by atoms with Crippen LogP contribution in [0.4, 0.5) is 11.5 Å². The third-order valence-electron chi connectivity index (χ3n) is 3.45. The lowest BCUT2D eigenvalue weighted by atomic mass is 10.1. The number of aromatic nitrogens is 3. The number of pyridine rings is 1. The van der Waals surface area contributed by atoms with Crippen LogP contribution in [0.15, 0.2) is 30.6 Å². The Morgan fingerprint density at radius 1 is 1.33 bits per heavy atom. The second kappa shape index (κ2) is 5.43. The van der Waals surface area contributed by atoms with Crippen LogP contribution in [0, 0.1) is 23.0 Å². The fraction of sp³-hybridized carbons (Fsp3) is 0.357. The zero-order chi connectivity index (χ0) is 14.8. The SMILES string of the molecule is Cc1ccnc([C@@H](Nc2ccc([N+](=O)[O-])cn2)C2CC2)n1. The molecular weight excluding hydrogens is 270 g/mol. The number of aryl methyl sites for hydroxylation is 1. The molecule has 2 heterocycles. The summed E-state index contributed by atoms with van der Waals surface area (Å²) in [6.45, 7) is 1.93. The molecular formula is C14H15N5O2. The Morgan fingerprint density at radius 3 is 2.71 bits per heavy atom. The smallest absolute Gasteiger partial charge is 0.287 e. The summed E-state index contributed by atoms with van der Waals surface area (Å²) in [7, 11) is 0. The summed E-state index contributed by atoms with van der Waals surface area (Å²) >= 11 is 0. The van der Waals surface area contributed by atoms with Crippen molar-refractivity contribution in [3.8, 4) is 0 Å². The molecule has 0 amide bonds. The van der Waals surface area contributed by atoms with Crippen LogP contribution < -0.4 is 5.32 Å². The topological polar surface area (TPSA) is 93.8 Å². The van der Waals surface area contributed by atoms with Gasteiger partial charge in [-0.3, -0.25) is 10.1 Å². The normalized spacial score (nSPS) is 15.5. The van der Waals surface area contributed by atoms with E-state index < -0.39 is 4.92 Å². The second-order valence-corrected chi connectivity index (χ2v) is 5.17. The highest BCUT2D eigenvalue weighted by Gasteiger charge is 2.34. The Bertz CT molecular complexity index is 655. The van der Waals surface area contributed by atoms with Crippen LogP contribution in [0.3, 0.4) is 0 Å². The molecule has 0 radical (unpaired) electrons. The minimum Gasteiger partial charge on any atom is -0.360 e. The Hall–Kier alpha value is -2.57. The van der Waals surface area contributed by atoms with Crippen molar-refractivity contribution in [2.75, 3.05) is 5.32 Å². The maximum Gasteiger partial charge on any atom is 0.287 e. The molecule has 1 N–H and O–H groups in total. The first-order valence-electron chi connectivity index (χ1n) is 6.80. The van der Waals surface area contributed by atoms with Gasteiger partial charge in [-0.2, -0.15) is 0 Å². The summed E-state index contributed by atoms with van der Waals surface area (Å²) in [6, 6.07) is 4.91. The predicted molar refractivity (Wildman–Crippen MR) is 76.7 cm³/mol. The van der Waals surface area contributed by atoms with Gasteiger partial charge in [0.25, 0.3) is 5.69 Å². The number of anilines is 1. The molecule has 0 spiro atoms. The molecule has 0 unspecified atom stereocenters. The van der Waals surface area contributed by atoms with Crippen LogP contribution in [0.2, 0.25) is 0 Å². The van der Waals surface area contributed by atoms with Gasteiger partial charge in [-0.15, -0.1) is 0 Å². The molecule has 21 heavy (non-hydrogen) atoms. The summed E-state index contributed by atoms with van der Waals surface area (Å²) < 4.78 is 0. The first-order valence-corrected chi connectivity index (χ1v) is 6.80. The van der Waals surface area contributed by atoms with Gasteiger partial charge in [0.05, 0.1) is 11.0 Å². The maximum absolute atomic E-state index is 10.6. The summed E-state index contributed by atoms with van der Waals surface area (Å²) in [6.07, 6.45) is 5.26. The third-order valence-corrected chi connectivity index (χ3v) is 3.45. The first-order chi connectivity index (χ1) is 10.1. The number of nitrogens with zero attached hydrogens (tertiary/aromatic N) is 4. The minimum atomic E-state index is -0.460. The van der Waals surface area contributed by atoms with Gasteiger partial charge in [0.15, 0.2) is 5.82 Å². The quantitative estimate of drug-likeness (QED) is 0.670. The van der Waals surface area contributed by atoms with Gasteiger partial charge in [0.2, 0.25) is 0 Å². The van der Waals surface area contributed by atoms with E-state index in [4.69, 9.17) is 0 Å². The lowest BCUT2D eigenvalue weighted by Gasteiger charge is -2.17. The van der Waals surface area contributed by atoms with Gasteiger partial charge in [-0.05, 0) is 37.8 Å².